The van der Waals surface area contributed by atoms with Crippen LogP contribution in [-0.2, 0) is 0 Å². The number of benzene rings is 1. The zero-order chi connectivity index (χ0) is 16.4. The van der Waals surface area contributed by atoms with Gasteiger partial charge in [-0.1, -0.05) is 11.6 Å². The van der Waals surface area contributed by atoms with Gasteiger partial charge in [0.05, 0.1) is 18.8 Å². The van der Waals surface area contributed by atoms with E-state index in [1.54, 1.807) is 7.11 Å². The molecular formula is C18H22ClN3O. The van der Waals surface area contributed by atoms with Gasteiger partial charge in [-0.2, -0.15) is 5.10 Å². The number of hydrogen-bond acceptors (Lipinski definition) is 4. The number of ether oxygens (including phenoxy) is 1. The first-order valence-corrected chi connectivity index (χ1v) is 8.43. The molecule has 0 aliphatic carbocycles. The molecule has 1 aromatic heterocycles. The topological polar surface area (TPSA) is 37.7 Å². The third-order valence-electron chi connectivity index (χ3n) is 4.48. The maximum Gasteiger partial charge on any atom is 0.138 e. The van der Waals surface area contributed by atoms with E-state index >= 15 is 0 Å². The Kier molecular flexibility index (Phi) is 4.71. The van der Waals surface area contributed by atoms with Gasteiger partial charge in [0.25, 0.3) is 0 Å². The lowest BCUT2D eigenvalue weighted by Crippen LogP contribution is -2.39. The van der Waals surface area contributed by atoms with Gasteiger partial charge in [-0.15, -0.1) is 0 Å². The van der Waals surface area contributed by atoms with E-state index in [9.17, 15) is 0 Å². The quantitative estimate of drug-likeness (QED) is 0.614. The van der Waals surface area contributed by atoms with Gasteiger partial charge in [-0.05, 0) is 57.4 Å². The van der Waals surface area contributed by atoms with Crippen LogP contribution in [-0.4, -0.2) is 35.4 Å². The summed E-state index contributed by atoms with van der Waals surface area (Å²) in [6.45, 7) is 4.44. The van der Waals surface area contributed by atoms with Crippen LogP contribution in [0.25, 0.3) is 10.9 Å². The highest BCUT2D eigenvalue weighted by Crippen LogP contribution is 2.25. The molecule has 1 fully saturated rings. The molecular weight excluding hydrogens is 310 g/mol. The predicted molar refractivity (Wildman–Crippen MR) is 95.5 cm³/mol. The number of nitrogens with zero attached hydrogens (tertiary/aromatic N) is 3. The van der Waals surface area contributed by atoms with Crippen LogP contribution < -0.4 is 4.74 Å². The fraction of sp³-hybridized carbons (Fsp3) is 0.444. The molecule has 0 saturated carbocycles. The largest absolute Gasteiger partial charge is 0.497 e. The van der Waals surface area contributed by atoms with Crippen LogP contribution >= 0.6 is 11.6 Å². The van der Waals surface area contributed by atoms with Gasteiger partial charge >= 0.3 is 0 Å². The number of hydrogen-bond donors (Lipinski definition) is 0. The second kappa shape index (κ2) is 6.75. The van der Waals surface area contributed by atoms with Crippen molar-refractivity contribution in [3.05, 3.63) is 35.0 Å². The number of piperidine rings is 1. The van der Waals surface area contributed by atoms with Crippen molar-refractivity contribution < 1.29 is 4.74 Å². The van der Waals surface area contributed by atoms with Gasteiger partial charge < -0.3 is 4.74 Å². The molecule has 23 heavy (non-hydrogen) atoms. The Bertz CT molecular complexity index is 722. The summed E-state index contributed by atoms with van der Waals surface area (Å²) in [5, 5.41) is 8.33. The standard InChI is InChI=1S/C18H22ClN3O/c1-12-5-4-6-13(2)22(12)20-11-15-9-14-10-16(23-3)7-8-17(14)21-18(15)19/h7-13H,4-6H2,1-3H3/b20-11-/t12-,13-/m0/s1. The molecule has 4 nitrogen and oxygen atoms in total. The molecule has 0 amide bonds. The van der Waals surface area contributed by atoms with Crippen molar-refractivity contribution in [2.24, 2.45) is 5.10 Å². The fourth-order valence-corrected chi connectivity index (χ4v) is 3.32. The maximum absolute atomic E-state index is 6.32. The third-order valence-corrected chi connectivity index (χ3v) is 4.78. The summed E-state index contributed by atoms with van der Waals surface area (Å²) in [4.78, 5) is 4.45. The lowest BCUT2D eigenvalue weighted by Gasteiger charge is -2.36. The van der Waals surface area contributed by atoms with Gasteiger partial charge in [0.1, 0.15) is 10.9 Å². The molecule has 122 valence electrons. The first-order chi connectivity index (χ1) is 11.1. The summed E-state index contributed by atoms with van der Waals surface area (Å²) in [7, 11) is 1.66. The molecule has 2 aromatic rings. The smallest absolute Gasteiger partial charge is 0.138 e. The van der Waals surface area contributed by atoms with Crippen molar-refractivity contribution in [2.45, 2.75) is 45.2 Å². The summed E-state index contributed by atoms with van der Waals surface area (Å²) in [6.07, 6.45) is 5.46. The van der Waals surface area contributed by atoms with E-state index in [0.717, 1.165) is 22.2 Å². The molecule has 1 aliphatic rings. The zero-order valence-corrected chi connectivity index (χ0v) is 14.5. The number of halogens is 1. The molecule has 1 aliphatic heterocycles. The van der Waals surface area contributed by atoms with Crippen LogP contribution in [0.3, 0.4) is 0 Å². The Morgan fingerprint density at radius 2 is 2.00 bits per heavy atom. The Hall–Kier alpha value is -1.81. The van der Waals surface area contributed by atoms with Gasteiger partial charge in [0.15, 0.2) is 0 Å². The van der Waals surface area contributed by atoms with E-state index in [1.165, 1.54) is 19.3 Å². The number of aromatic nitrogens is 1. The van der Waals surface area contributed by atoms with Crippen LogP contribution in [0.1, 0.15) is 38.7 Å². The van der Waals surface area contributed by atoms with E-state index < -0.39 is 0 Å². The second-order valence-electron chi connectivity index (χ2n) is 6.18. The molecule has 2 heterocycles. The van der Waals surface area contributed by atoms with Crippen LogP contribution in [0.4, 0.5) is 0 Å². The Morgan fingerprint density at radius 3 is 2.70 bits per heavy atom. The minimum Gasteiger partial charge on any atom is -0.497 e. The Morgan fingerprint density at radius 1 is 1.26 bits per heavy atom. The van der Waals surface area contributed by atoms with Crippen molar-refractivity contribution in [3.8, 4) is 5.75 Å². The fourth-order valence-electron chi connectivity index (χ4n) is 3.13. The summed E-state index contributed by atoms with van der Waals surface area (Å²) in [5.74, 6) is 0.808. The first-order valence-electron chi connectivity index (χ1n) is 8.05. The van der Waals surface area contributed by atoms with Gasteiger partial charge in [-0.25, -0.2) is 4.98 Å². The Balaban J connectivity index is 1.92. The number of methoxy groups -OCH3 is 1. The van der Waals surface area contributed by atoms with E-state index in [1.807, 2.05) is 30.5 Å². The molecule has 0 spiro atoms. The van der Waals surface area contributed by atoms with Crippen molar-refractivity contribution >= 4 is 28.7 Å². The number of rotatable bonds is 3. The molecule has 0 unspecified atom stereocenters. The predicted octanol–water partition coefficient (Wildman–Crippen LogP) is 4.49. The summed E-state index contributed by atoms with van der Waals surface area (Å²) >= 11 is 6.32. The monoisotopic (exact) mass is 331 g/mol. The summed E-state index contributed by atoms with van der Waals surface area (Å²) < 4.78 is 5.27. The summed E-state index contributed by atoms with van der Waals surface area (Å²) in [5.41, 5.74) is 1.69. The van der Waals surface area contributed by atoms with E-state index in [2.05, 4.69) is 28.9 Å². The van der Waals surface area contributed by atoms with Crippen LogP contribution in [0.2, 0.25) is 5.15 Å². The third kappa shape index (κ3) is 3.42. The SMILES string of the molecule is COc1ccc2nc(Cl)c(/C=N\N3[C@@H](C)CCC[C@@H]3C)cc2c1. The first kappa shape index (κ1) is 16.1. The van der Waals surface area contributed by atoms with E-state index in [-0.39, 0.29) is 0 Å². The van der Waals surface area contributed by atoms with Crippen LogP contribution in [0, 0.1) is 0 Å². The molecule has 2 atom stereocenters. The van der Waals surface area contributed by atoms with Crippen LogP contribution in [0.15, 0.2) is 29.4 Å². The van der Waals surface area contributed by atoms with Crippen molar-refractivity contribution in [1.29, 1.82) is 0 Å². The van der Waals surface area contributed by atoms with E-state index in [4.69, 9.17) is 16.3 Å². The maximum atomic E-state index is 6.32. The van der Waals surface area contributed by atoms with Gasteiger partial charge in [0.2, 0.25) is 0 Å². The Labute approximate surface area is 142 Å². The molecule has 1 aromatic carbocycles. The highest BCUT2D eigenvalue weighted by Gasteiger charge is 2.22. The van der Waals surface area contributed by atoms with Crippen molar-refractivity contribution in [2.75, 3.05) is 7.11 Å². The molecule has 5 heteroatoms. The van der Waals surface area contributed by atoms with Crippen LogP contribution in [0.5, 0.6) is 5.75 Å². The minimum absolute atomic E-state index is 0.460. The average Bonchev–Trinajstić information content (AvgIpc) is 2.54. The van der Waals surface area contributed by atoms with Crippen molar-refractivity contribution in [1.82, 2.24) is 9.99 Å². The average molecular weight is 332 g/mol. The summed E-state index contributed by atoms with van der Waals surface area (Å²) in [6, 6.07) is 8.69. The highest BCUT2D eigenvalue weighted by atomic mass is 35.5. The molecule has 0 radical (unpaired) electrons. The molecule has 0 bridgehead atoms. The minimum atomic E-state index is 0.460. The zero-order valence-electron chi connectivity index (χ0n) is 13.8. The normalized spacial score (nSPS) is 22.0. The number of hydrazone groups is 1. The number of fused-ring (bicyclic) bond motifs is 1. The highest BCUT2D eigenvalue weighted by molar-refractivity contribution is 6.32. The second-order valence-corrected chi connectivity index (χ2v) is 6.54. The lowest BCUT2D eigenvalue weighted by molar-refractivity contribution is 0.109. The molecule has 3 rings (SSSR count). The van der Waals surface area contributed by atoms with Crippen molar-refractivity contribution in [3.63, 3.8) is 0 Å². The van der Waals surface area contributed by atoms with Gasteiger partial charge in [-0.3, -0.25) is 5.01 Å². The van der Waals surface area contributed by atoms with Gasteiger partial charge in [0, 0.05) is 23.0 Å². The van der Waals surface area contributed by atoms with E-state index in [0.29, 0.717) is 17.2 Å². The lowest BCUT2D eigenvalue weighted by atomic mass is 10.00. The molecule has 0 N–H and O–H groups in total. The molecule has 1 saturated heterocycles. The number of pyridine rings is 1.